The van der Waals surface area contributed by atoms with Crippen molar-refractivity contribution in [3.05, 3.63) is 59.4 Å². The molecule has 2 aromatic rings. The van der Waals surface area contributed by atoms with Crippen LogP contribution >= 0.6 is 0 Å². The number of rotatable bonds is 6. The van der Waals surface area contributed by atoms with Crippen molar-refractivity contribution < 1.29 is 9.53 Å². The molecule has 0 radical (unpaired) electrons. The fraction of sp³-hybridized carbons (Fsp3) is 0.294. The topological polar surface area (TPSA) is 51.2 Å². The first-order valence-corrected chi connectivity index (χ1v) is 7.02. The Kier molecular flexibility index (Phi) is 5.32. The van der Waals surface area contributed by atoms with Crippen molar-refractivity contribution in [2.24, 2.45) is 0 Å². The third kappa shape index (κ3) is 4.91. The molecule has 1 N–H and O–H groups in total. The summed E-state index contributed by atoms with van der Waals surface area (Å²) < 4.78 is 5.64. The molecular formula is C17H20N2O2. The minimum Gasteiger partial charge on any atom is -0.493 e. The molecule has 1 heterocycles. The Labute approximate surface area is 125 Å². The van der Waals surface area contributed by atoms with Gasteiger partial charge in [0.05, 0.1) is 25.3 Å². The van der Waals surface area contributed by atoms with Gasteiger partial charge in [-0.3, -0.25) is 9.78 Å². The van der Waals surface area contributed by atoms with E-state index in [1.54, 1.807) is 6.20 Å². The summed E-state index contributed by atoms with van der Waals surface area (Å²) in [7, 11) is 0. The zero-order valence-corrected chi connectivity index (χ0v) is 12.4. The summed E-state index contributed by atoms with van der Waals surface area (Å²) in [5.74, 6) is 0.795. The van der Waals surface area contributed by atoms with E-state index in [4.69, 9.17) is 4.74 Å². The van der Waals surface area contributed by atoms with Gasteiger partial charge >= 0.3 is 0 Å². The van der Waals surface area contributed by atoms with Crippen LogP contribution in [-0.4, -0.2) is 17.5 Å². The molecule has 21 heavy (non-hydrogen) atoms. The minimum atomic E-state index is -0.0367. The molecule has 1 amide bonds. The van der Waals surface area contributed by atoms with Gasteiger partial charge in [0.25, 0.3) is 0 Å². The second-order valence-corrected chi connectivity index (χ2v) is 4.97. The number of amides is 1. The quantitative estimate of drug-likeness (QED) is 0.887. The van der Waals surface area contributed by atoms with E-state index < -0.39 is 0 Å². The highest BCUT2D eigenvalue weighted by Gasteiger charge is 2.04. The summed E-state index contributed by atoms with van der Waals surface area (Å²) in [6.07, 6.45) is 2.05. The van der Waals surface area contributed by atoms with Crippen LogP contribution in [0, 0.1) is 13.8 Å². The first-order chi connectivity index (χ1) is 10.1. The molecule has 0 aliphatic carbocycles. The van der Waals surface area contributed by atoms with Crippen LogP contribution in [0.1, 0.15) is 23.2 Å². The number of hydrogen-bond acceptors (Lipinski definition) is 3. The Morgan fingerprint density at radius 1 is 1.24 bits per heavy atom. The summed E-state index contributed by atoms with van der Waals surface area (Å²) >= 11 is 0. The molecule has 0 bridgehead atoms. The van der Waals surface area contributed by atoms with Gasteiger partial charge in [0.15, 0.2) is 0 Å². The molecule has 1 aromatic carbocycles. The zero-order chi connectivity index (χ0) is 15.1. The molecule has 0 atom stereocenters. The zero-order valence-electron chi connectivity index (χ0n) is 12.4. The fourth-order valence-electron chi connectivity index (χ4n) is 2.00. The standard InChI is InChI=1S/C17H20N2O2/c1-13-6-7-16(14(2)11-13)21-10-8-17(20)19-12-15-5-3-4-9-18-15/h3-7,9,11H,8,10,12H2,1-2H3,(H,19,20). The van der Waals surface area contributed by atoms with Gasteiger partial charge in [-0.15, -0.1) is 0 Å². The Morgan fingerprint density at radius 3 is 2.81 bits per heavy atom. The van der Waals surface area contributed by atoms with Crippen molar-refractivity contribution in [3.63, 3.8) is 0 Å². The van der Waals surface area contributed by atoms with Gasteiger partial charge in [-0.1, -0.05) is 23.8 Å². The maximum atomic E-state index is 11.7. The molecule has 4 heteroatoms. The molecule has 0 unspecified atom stereocenters. The van der Waals surface area contributed by atoms with Gasteiger partial charge in [-0.25, -0.2) is 0 Å². The van der Waals surface area contributed by atoms with Crippen LogP contribution in [0.4, 0.5) is 0 Å². The maximum Gasteiger partial charge on any atom is 0.223 e. The van der Waals surface area contributed by atoms with Gasteiger partial charge in [-0.2, -0.15) is 0 Å². The average Bonchev–Trinajstić information content (AvgIpc) is 2.48. The number of ether oxygens (including phenoxy) is 1. The Morgan fingerprint density at radius 2 is 2.10 bits per heavy atom. The minimum absolute atomic E-state index is 0.0367. The van der Waals surface area contributed by atoms with Crippen molar-refractivity contribution >= 4 is 5.91 Å². The summed E-state index contributed by atoms with van der Waals surface area (Å²) in [4.78, 5) is 15.9. The smallest absolute Gasteiger partial charge is 0.223 e. The molecule has 1 aromatic heterocycles. The highest BCUT2D eigenvalue weighted by Crippen LogP contribution is 2.18. The van der Waals surface area contributed by atoms with Crippen LogP contribution in [0.3, 0.4) is 0 Å². The lowest BCUT2D eigenvalue weighted by molar-refractivity contribution is -0.121. The highest BCUT2D eigenvalue weighted by atomic mass is 16.5. The Balaban J connectivity index is 1.72. The number of nitrogens with zero attached hydrogens (tertiary/aromatic N) is 1. The predicted octanol–water partition coefficient (Wildman–Crippen LogP) is 2.78. The molecule has 0 saturated heterocycles. The molecule has 0 fully saturated rings. The lowest BCUT2D eigenvalue weighted by Gasteiger charge is -2.10. The number of nitrogens with one attached hydrogen (secondary N) is 1. The normalized spacial score (nSPS) is 10.2. The average molecular weight is 284 g/mol. The Bertz CT molecular complexity index is 597. The van der Waals surface area contributed by atoms with E-state index in [9.17, 15) is 4.79 Å². The third-order valence-electron chi connectivity index (χ3n) is 3.11. The fourth-order valence-corrected chi connectivity index (χ4v) is 2.00. The highest BCUT2D eigenvalue weighted by molar-refractivity contribution is 5.75. The molecule has 0 saturated carbocycles. The van der Waals surface area contributed by atoms with Gasteiger partial charge in [0, 0.05) is 6.20 Å². The summed E-state index contributed by atoms with van der Waals surface area (Å²) in [6, 6.07) is 11.6. The number of pyridine rings is 1. The van der Waals surface area contributed by atoms with Crippen LogP contribution in [0.25, 0.3) is 0 Å². The van der Waals surface area contributed by atoms with Crippen molar-refractivity contribution in [1.82, 2.24) is 10.3 Å². The molecule has 4 nitrogen and oxygen atoms in total. The van der Waals surface area contributed by atoms with Crippen molar-refractivity contribution in [2.75, 3.05) is 6.61 Å². The molecule has 0 spiro atoms. The van der Waals surface area contributed by atoms with E-state index in [0.717, 1.165) is 17.0 Å². The third-order valence-corrected chi connectivity index (χ3v) is 3.11. The van der Waals surface area contributed by atoms with Gasteiger partial charge < -0.3 is 10.1 Å². The monoisotopic (exact) mass is 284 g/mol. The van der Waals surface area contributed by atoms with E-state index in [2.05, 4.69) is 16.4 Å². The molecule has 2 rings (SSSR count). The van der Waals surface area contributed by atoms with Gasteiger partial charge in [0.1, 0.15) is 5.75 Å². The Hall–Kier alpha value is -2.36. The molecular weight excluding hydrogens is 264 g/mol. The first kappa shape index (κ1) is 15.0. The van der Waals surface area contributed by atoms with Crippen LogP contribution in [-0.2, 0) is 11.3 Å². The van der Waals surface area contributed by atoms with E-state index in [-0.39, 0.29) is 5.91 Å². The van der Waals surface area contributed by atoms with E-state index in [1.165, 1.54) is 5.56 Å². The van der Waals surface area contributed by atoms with Crippen LogP contribution < -0.4 is 10.1 Å². The number of carbonyl (C=O) groups excluding carboxylic acids is 1. The van der Waals surface area contributed by atoms with Crippen molar-refractivity contribution in [1.29, 1.82) is 0 Å². The van der Waals surface area contributed by atoms with Gasteiger partial charge in [0.2, 0.25) is 5.91 Å². The number of aryl methyl sites for hydroxylation is 2. The number of hydrogen-bond donors (Lipinski definition) is 1. The van der Waals surface area contributed by atoms with Crippen molar-refractivity contribution in [2.45, 2.75) is 26.8 Å². The van der Waals surface area contributed by atoms with Crippen LogP contribution in [0.5, 0.6) is 5.75 Å². The molecule has 0 aliphatic rings. The number of carbonyl (C=O) groups is 1. The van der Waals surface area contributed by atoms with Crippen molar-refractivity contribution in [3.8, 4) is 5.75 Å². The van der Waals surface area contributed by atoms with E-state index in [1.807, 2.05) is 44.2 Å². The number of aromatic nitrogens is 1. The van der Waals surface area contributed by atoms with Crippen LogP contribution in [0.2, 0.25) is 0 Å². The summed E-state index contributed by atoms with van der Waals surface area (Å²) in [6.45, 7) is 4.87. The summed E-state index contributed by atoms with van der Waals surface area (Å²) in [5, 5.41) is 2.83. The second-order valence-electron chi connectivity index (χ2n) is 4.97. The van der Waals surface area contributed by atoms with Gasteiger partial charge in [-0.05, 0) is 37.6 Å². The largest absolute Gasteiger partial charge is 0.493 e. The predicted molar refractivity (Wildman–Crippen MR) is 82.1 cm³/mol. The summed E-state index contributed by atoms with van der Waals surface area (Å²) in [5.41, 5.74) is 3.14. The molecule has 110 valence electrons. The van der Waals surface area contributed by atoms with Crippen LogP contribution in [0.15, 0.2) is 42.6 Å². The number of benzene rings is 1. The maximum absolute atomic E-state index is 11.7. The first-order valence-electron chi connectivity index (χ1n) is 7.02. The second kappa shape index (κ2) is 7.43. The lowest BCUT2D eigenvalue weighted by Crippen LogP contribution is -2.24. The molecule has 0 aliphatic heterocycles. The van der Waals surface area contributed by atoms with E-state index in [0.29, 0.717) is 19.6 Å². The van der Waals surface area contributed by atoms with E-state index >= 15 is 0 Å². The lowest BCUT2D eigenvalue weighted by atomic mass is 10.1. The SMILES string of the molecule is Cc1ccc(OCCC(=O)NCc2ccccn2)c(C)c1.